The quantitative estimate of drug-likeness (QED) is 0.206. The summed E-state index contributed by atoms with van der Waals surface area (Å²) in [5.74, 6) is -14.3. The first-order valence-electron chi connectivity index (χ1n) is 10.1. The molecule has 0 aromatic rings. The maximum absolute atomic E-state index is 9.46. The normalized spacial score (nSPS) is 70.4. The molecule has 0 radical (unpaired) electrons. The summed E-state index contributed by atoms with van der Waals surface area (Å²) >= 11 is 65.1. The lowest BCUT2D eigenvalue weighted by molar-refractivity contribution is 0.140. The maximum Gasteiger partial charge on any atom is 0.166 e. The SMILES string of the molecule is [2H]C1([2H])[C@]2([2H])C3C([C@]4(Cl)C(Cl)=C(Cl)C3(Cl)C4(Cl)Cl)[C@@]1([2H])[C@]1([2H])C(Cl)=C(Cl)C(Cl)=C(Cl)[C@@]12[2H]. The number of alkyl halides is 4. The van der Waals surface area contributed by atoms with Crippen molar-refractivity contribution in [2.45, 2.75) is 20.5 Å². The number of halogens is 10. The third-order valence-corrected chi connectivity index (χ3v) is 11.7. The Balaban J connectivity index is 2.02. The Morgan fingerprint density at radius 3 is 1.42 bits per heavy atom. The Bertz CT molecular complexity index is 1050. The standard InChI is InChI=1S/C16H8Cl10/c17-8-4-2-1-3(5(4)9(18)11(20)10(8)19)7-6(2)14(23)12(21)13(22)15(7,24)16(14,25)26/h2-7H,1H2/t2-,3+,4+,5-,6?,7?,14+,15?/m1/s1/i1D2,2D,3D,4D,5D. The molecule has 0 amide bonds. The molecule has 0 aliphatic heterocycles. The number of allylic oxidation sites excluding steroid dienone is 6. The van der Waals surface area contributed by atoms with Gasteiger partial charge < -0.3 is 0 Å². The van der Waals surface area contributed by atoms with Gasteiger partial charge in [0.1, 0.15) is 9.75 Å². The van der Waals surface area contributed by atoms with Crippen molar-refractivity contribution in [1.29, 1.82) is 0 Å². The van der Waals surface area contributed by atoms with Crippen molar-refractivity contribution in [2.24, 2.45) is 35.4 Å². The highest BCUT2D eigenvalue weighted by Crippen LogP contribution is 2.84. The molecule has 10 heteroatoms. The molecule has 3 fully saturated rings. The monoisotopic (exact) mass is 556 g/mol. The van der Waals surface area contributed by atoms with Crippen molar-refractivity contribution in [3.63, 3.8) is 0 Å². The van der Waals surface area contributed by atoms with Gasteiger partial charge in [0, 0.05) is 30.1 Å². The fourth-order valence-corrected chi connectivity index (χ4v) is 8.60. The van der Waals surface area contributed by atoms with Gasteiger partial charge in [-0.2, -0.15) is 0 Å². The van der Waals surface area contributed by atoms with Crippen molar-refractivity contribution < 1.29 is 8.22 Å². The van der Waals surface area contributed by atoms with Crippen molar-refractivity contribution in [1.82, 2.24) is 0 Å². The molecule has 5 rings (SSSR count). The molecule has 4 bridgehead atoms. The first-order chi connectivity index (χ1) is 14.2. The number of hydrogen-bond acceptors (Lipinski definition) is 0. The minimum absolute atomic E-state index is 0.332. The van der Waals surface area contributed by atoms with Gasteiger partial charge in [-0.05, 0) is 30.0 Å². The highest BCUT2D eigenvalue weighted by atomic mass is 35.5. The fourth-order valence-electron chi connectivity index (χ4n) is 4.59. The molecule has 0 heterocycles. The van der Waals surface area contributed by atoms with E-state index in [1.165, 1.54) is 0 Å². The zero-order valence-electron chi connectivity index (χ0n) is 17.9. The first kappa shape index (κ1) is 14.2. The number of hydrogen-bond donors (Lipinski definition) is 0. The molecular weight excluding hydrogens is 547 g/mol. The van der Waals surface area contributed by atoms with Crippen LogP contribution in [-0.2, 0) is 0 Å². The van der Waals surface area contributed by atoms with Crippen LogP contribution in [0.15, 0.2) is 30.2 Å². The van der Waals surface area contributed by atoms with E-state index in [2.05, 4.69) is 0 Å². The van der Waals surface area contributed by atoms with Crippen LogP contribution in [0, 0.1) is 35.4 Å². The van der Waals surface area contributed by atoms with Crippen LogP contribution in [0.1, 0.15) is 14.6 Å². The lowest BCUT2D eigenvalue weighted by Crippen LogP contribution is -2.47. The van der Waals surface area contributed by atoms with E-state index in [0.29, 0.717) is 0 Å². The van der Waals surface area contributed by atoms with Crippen LogP contribution >= 0.6 is 116 Å². The second kappa shape index (κ2) is 5.67. The van der Waals surface area contributed by atoms with Gasteiger partial charge in [-0.25, -0.2) is 0 Å². The Kier molecular flexibility index (Phi) is 3.10. The van der Waals surface area contributed by atoms with Gasteiger partial charge in [0.15, 0.2) is 4.33 Å². The summed E-state index contributed by atoms with van der Waals surface area (Å²) in [6.45, 7) is 0. The Hall–Kier alpha value is 2.12. The van der Waals surface area contributed by atoms with Gasteiger partial charge in [-0.1, -0.05) is 92.8 Å². The third kappa shape index (κ3) is 1.78. The molecule has 0 nitrogen and oxygen atoms in total. The minimum Gasteiger partial charge on any atom is -0.109 e. The molecular formula is C16H8Cl10. The van der Waals surface area contributed by atoms with E-state index >= 15 is 0 Å². The number of fused-ring (bicyclic) bond motifs is 12. The summed E-state index contributed by atoms with van der Waals surface area (Å²) in [7, 11) is 0. The lowest BCUT2D eigenvalue weighted by atomic mass is 9.63. The van der Waals surface area contributed by atoms with Crippen LogP contribution in [0.5, 0.6) is 0 Å². The van der Waals surface area contributed by atoms with Crippen molar-refractivity contribution in [2.75, 3.05) is 0 Å². The van der Waals surface area contributed by atoms with Gasteiger partial charge in [0.25, 0.3) is 0 Å². The highest BCUT2D eigenvalue weighted by molar-refractivity contribution is 6.65. The molecule has 5 aliphatic rings. The smallest absolute Gasteiger partial charge is 0.109 e. The van der Waals surface area contributed by atoms with E-state index < -0.39 is 76.0 Å². The summed E-state index contributed by atoms with van der Waals surface area (Å²) in [6.07, 6.45) is -3.00. The molecule has 0 aromatic carbocycles. The van der Waals surface area contributed by atoms with Crippen molar-refractivity contribution in [3.05, 3.63) is 30.2 Å². The lowest BCUT2D eigenvalue weighted by Gasteiger charge is -2.47. The topological polar surface area (TPSA) is 0 Å². The number of rotatable bonds is 0. The van der Waals surface area contributed by atoms with Crippen molar-refractivity contribution in [3.8, 4) is 0 Å². The highest BCUT2D eigenvalue weighted by Gasteiger charge is 2.87. The molecule has 0 spiro atoms. The summed E-state index contributed by atoms with van der Waals surface area (Å²) < 4.78 is 53.2. The predicted molar refractivity (Wildman–Crippen MR) is 113 cm³/mol. The Morgan fingerprint density at radius 1 is 0.731 bits per heavy atom. The molecule has 3 saturated carbocycles. The van der Waals surface area contributed by atoms with Crippen LogP contribution in [0.2, 0.25) is 0 Å². The summed E-state index contributed by atoms with van der Waals surface area (Å²) in [6, 6.07) is 0. The van der Waals surface area contributed by atoms with Gasteiger partial charge in [0.2, 0.25) is 0 Å². The van der Waals surface area contributed by atoms with Gasteiger partial charge in [-0.3, -0.25) is 0 Å². The molecule has 0 aromatic heterocycles. The van der Waals surface area contributed by atoms with E-state index in [1.54, 1.807) is 0 Å². The molecule has 26 heavy (non-hydrogen) atoms. The van der Waals surface area contributed by atoms with E-state index in [1.807, 2.05) is 0 Å². The molecule has 0 N–H and O–H groups in total. The third-order valence-electron chi connectivity index (χ3n) is 5.63. The second-order valence-corrected chi connectivity index (χ2v) is 11.3. The second-order valence-electron chi connectivity index (χ2n) is 6.54. The first-order valence-corrected chi connectivity index (χ1v) is 10.9. The molecule has 5 aliphatic carbocycles. The van der Waals surface area contributed by atoms with Crippen LogP contribution in [0.25, 0.3) is 0 Å². The minimum atomic E-state index is -3.00. The van der Waals surface area contributed by atoms with Crippen LogP contribution in [0.3, 0.4) is 0 Å². The van der Waals surface area contributed by atoms with Crippen molar-refractivity contribution >= 4 is 116 Å². The molecule has 8 atom stereocenters. The van der Waals surface area contributed by atoms with Crippen LogP contribution < -0.4 is 0 Å². The van der Waals surface area contributed by atoms with Gasteiger partial charge in [0.05, 0.1) is 20.1 Å². The van der Waals surface area contributed by atoms with Crippen LogP contribution in [-0.4, -0.2) is 14.1 Å². The summed E-state index contributed by atoms with van der Waals surface area (Å²) in [5.41, 5.74) is 0. The van der Waals surface area contributed by atoms with E-state index in [-0.39, 0.29) is 10.1 Å². The summed E-state index contributed by atoms with van der Waals surface area (Å²) in [4.78, 5) is -4.37. The zero-order chi connectivity index (χ0) is 24.6. The average Bonchev–Trinajstić information content (AvgIpc) is 3.05. The predicted octanol–water partition coefficient (Wildman–Crippen LogP) is 8.34. The molecule has 3 unspecified atom stereocenters. The fraction of sp³-hybridized carbons (Fsp3) is 0.625. The van der Waals surface area contributed by atoms with E-state index in [0.717, 1.165) is 0 Å². The Morgan fingerprint density at radius 2 is 1.08 bits per heavy atom. The largest absolute Gasteiger partial charge is 0.166 e. The van der Waals surface area contributed by atoms with E-state index in [9.17, 15) is 5.48 Å². The zero-order valence-corrected chi connectivity index (χ0v) is 19.5. The van der Waals surface area contributed by atoms with E-state index in [4.69, 9.17) is 119 Å². The van der Waals surface area contributed by atoms with Crippen LogP contribution in [0.4, 0.5) is 0 Å². The summed E-state index contributed by atoms with van der Waals surface area (Å²) in [5, 5.41) is -2.82. The Labute approximate surface area is 209 Å². The molecule has 142 valence electrons. The molecule has 0 saturated heterocycles. The maximum atomic E-state index is 9.46. The van der Waals surface area contributed by atoms with Gasteiger partial charge >= 0.3 is 0 Å². The average molecular weight is 561 g/mol. The van der Waals surface area contributed by atoms with Gasteiger partial charge in [-0.15, -0.1) is 23.2 Å².